The number of carbonyl (C=O) groups excluding carboxylic acids is 3. The quantitative estimate of drug-likeness (QED) is 0.0434. The first kappa shape index (κ1) is 61.0. The van der Waals surface area contributed by atoms with Gasteiger partial charge >= 0.3 is 6.03 Å². The predicted molar refractivity (Wildman–Crippen MR) is 295 cm³/mol. The minimum absolute atomic E-state index is 0.0257. The van der Waals surface area contributed by atoms with Gasteiger partial charge in [0.05, 0.1) is 70.7 Å². The van der Waals surface area contributed by atoms with Crippen molar-refractivity contribution in [2.24, 2.45) is 12.5 Å². The number of aryl methyl sites for hydroxylation is 2. The van der Waals surface area contributed by atoms with Gasteiger partial charge in [-0.1, -0.05) is 32.9 Å². The van der Waals surface area contributed by atoms with Crippen LogP contribution in [-0.2, 0) is 58.1 Å². The summed E-state index contributed by atoms with van der Waals surface area (Å²) in [6, 6.07) is 16.2. The third-order valence-corrected chi connectivity index (χ3v) is 13.6. The van der Waals surface area contributed by atoms with Gasteiger partial charge in [-0.2, -0.15) is 10.4 Å². The van der Waals surface area contributed by atoms with E-state index in [-0.39, 0.29) is 42.1 Å². The van der Waals surface area contributed by atoms with Gasteiger partial charge in [-0.15, -0.1) is 0 Å². The van der Waals surface area contributed by atoms with E-state index >= 15 is 0 Å². The molecule has 3 aromatic heterocycles. The normalized spacial score (nSPS) is 16.9. The lowest BCUT2D eigenvalue weighted by atomic mass is 9.85. The number of unbranched alkanes of at least 4 members (excludes halogenated alkanes) is 2. The van der Waals surface area contributed by atoms with Crippen LogP contribution in [0.15, 0.2) is 78.1 Å². The van der Waals surface area contributed by atoms with Crippen molar-refractivity contribution >= 4 is 29.4 Å². The smallest absolute Gasteiger partial charge is 0.322 e. The minimum Gasteiger partial charge on any atom is -0.391 e. The number of aliphatic hydroxyl groups is 1. The molecule has 1 aliphatic heterocycles. The SMILES string of the molecule is Cn1cc(-c2ccc(N(C(=O)NCc3cnn(CCCCOCCOCCOCCOCCOCCCCOCC(=O)N[C@H](C(=O)N4CC[C@@H](O)C4)C(C)(C)C)c3)C3CCC(Nc4ccc(C#N)cn4)CC3)cc2)ccc1=O. The fourth-order valence-electron chi connectivity index (χ4n) is 9.20. The fourth-order valence-corrected chi connectivity index (χ4v) is 9.20. The van der Waals surface area contributed by atoms with Gasteiger partial charge < -0.3 is 58.9 Å². The van der Waals surface area contributed by atoms with E-state index in [9.17, 15) is 24.3 Å². The summed E-state index contributed by atoms with van der Waals surface area (Å²) in [7, 11) is 1.73. The second kappa shape index (κ2) is 32.6. The van der Waals surface area contributed by atoms with Crippen molar-refractivity contribution in [1.29, 1.82) is 5.26 Å². The molecule has 21 nitrogen and oxygen atoms in total. The number of nitriles is 1. The molecule has 4 amide bonds. The molecule has 2 aliphatic rings. The Kier molecular flexibility index (Phi) is 25.5. The molecule has 4 N–H and O–H groups in total. The van der Waals surface area contributed by atoms with Crippen molar-refractivity contribution in [1.82, 2.24) is 34.9 Å². The Labute approximate surface area is 458 Å². The Morgan fingerprint density at radius 1 is 0.769 bits per heavy atom. The van der Waals surface area contributed by atoms with Crippen LogP contribution in [-0.4, -0.2) is 164 Å². The number of aliphatic hydroxyl groups excluding tert-OH is 1. The Morgan fingerprint density at radius 2 is 1.38 bits per heavy atom. The number of hydrogen-bond acceptors (Lipinski definition) is 15. The summed E-state index contributed by atoms with van der Waals surface area (Å²) in [6.45, 7) is 12.8. The molecule has 21 heteroatoms. The van der Waals surface area contributed by atoms with Gasteiger partial charge in [0.25, 0.3) is 0 Å². The number of nitrogens with one attached hydrogen (secondary N) is 3. The van der Waals surface area contributed by atoms with Crippen LogP contribution in [0.1, 0.15) is 89.7 Å². The van der Waals surface area contributed by atoms with E-state index in [1.165, 1.54) is 0 Å². The van der Waals surface area contributed by atoms with Crippen LogP contribution in [0.4, 0.5) is 16.3 Å². The van der Waals surface area contributed by atoms with Crippen LogP contribution in [0.25, 0.3) is 11.1 Å². The average Bonchev–Trinajstić information content (AvgIpc) is 4.11. The molecule has 0 bridgehead atoms. The van der Waals surface area contributed by atoms with Crippen LogP contribution in [0.3, 0.4) is 0 Å². The maximum atomic E-state index is 14.1. The minimum atomic E-state index is -0.693. The van der Waals surface area contributed by atoms with Gasteiger partial charge in [0.15, 0.2) is 0 Å². The molecule has 0 radical (unpaired) electrons. The van der Waals surface area contributed by atoms with E-state index < -0.39 is 17.6 Å². The van der Waals surface area contributed by atoms with Crippen molar-refractivity contribution in [2.75, 3.05) is 103 Å². The summed E-state index contributed by atoms with van der Waals surface area (Å²) in [5, 5.41) is 33.0. The molecule has 4 heterocycles. The predicted octanol–water partition coefficient (Wildman–Crippen LogP) is 5.44. The van der Waals surface area contributed by atoms with E-state index in [4.69, 9.17) is 33.7 Å². The number of nitrogens with zero attached hydrogens (tertiary/aromatic N) is 7. The zero-order chi connectivity index (χ0) is 55.5. The molecule has 2 atom stereocenters. The van der Waals surface area contributed by atoms with Crippen LogP contribution >= 0.6 is 0 Å². The monoisotopic (exact) mass is 1080 g/mol. The topological polar surface area (TPSA) is 246 Å². The second-order valence-electron chi connectivity index (χ2n) is 20.9. The summed E-state index contributed by atoms with van der Waals surface area (Å²) >= 11 is 0. The first-order chi connectivity index (χ1) is 37.8. The highest BCUT2D eigenvalue weighted by Crippen LogP contribution is 2.31. The van der Waals surface area contributed by atoms with Crippen LogP contribution in [0.2, 0.25) is 0 Å². The number of ether oxygens (including phenoxy) is 6. The maximum absolute atomic E-state index is 14.1. The highest BCUT2D eigenvalue weighted by Gasteiger charge is 2.38. The van der Waals surface area contributed by atoms with Crippen molar-refractivity contribution < 1.29 is 47.9 Å². The highest BCUT2D eigenvalue weighted by atomic mass is 16.6. The number of carbonyl (C=O) groups is 3. The average molecular weight is 1080 g/mol. The van der Waals surface area contributed by atoms with Crippen molar-refractivity contribution in [3.63, 3.8) is 0 Å². The number of urea groups is 1. The number of anilines is 2. The lowest BCUT2D eigenvalue weighted by molar-refractivity contribution is -0.140. The van der Waals surface area contributed by atoms with E-state index in [1.807, 2.05) is 79.1 Å². The molecule has 0 spiro atoms. The molecule has 1 saturated carbocycles. The van der Waals surface area contributed by atoms with Crippen LogP contribution in [0, 0.1) is 16.7 Å². The summed E-state index contributed by atoms with van der Waals surface area (Å²) in [6.07, 6.45) is 13.7. The number of benzene rings is 1. The number of likely N-dealkylation sites (tertiary alicyclic amines) is 1. The van der Waals surface area contributed by atoms with Gasteiger partial charge in [-0.05, 0) is 105 Å². The lowest BCUT2D eigenvalue weighted by Gasteiger charge is -2.37. The fraction of sp³-hybridized carbons (Fsp3) is 0.596. The molecular weight excluding hydrogens is 1000 g/mol. The van der Waals surface area contributed by atoms with Crippen molar-refractivity contribution in [3.8, 4) is 17.2 Å². The van der Waals surface area contributed by atoms with E-state index in [0.29, 0.717) is 104 Å². The van der Waals surface area contributed by atoms with E-state index in [0.717, 1.165) is 86.1 Å². The van der Waals surface area contributed by atoms with Crippen LogP contribution < -0.4 is 26.4 Å². The maximum Gasteiger partial charge on any atom is 0.322 e. The lowest BCUT2D eigenvalue weighted by Crippen LogP contribution is -2.55. The Hall–Kier alpha value is -6.25. The van der Waals surface area contributed by atoms with Gasteiger partial charge in [0.1, 0.15) is 24.5 Å². The number of pyridine rings is 2. The van der Waals surface area contributed by atoms with E-state index in [2.05, 4.69) is 32.1 Å². The standard InChI is InChI=1S/C57H82N10O11/c1-57(2,3)54(55(71)65-23-21-50(68)41-65)63-52(69)42-78-26-8-7-25-74-28-30-76-32-34-77-33-31-75-29-27-73-24-6-5-22-66-39-44(38-61-66)37-60-56(72)67(48-15-10-45(11-16-48)46-12-20-53(70)64(4)40-46)49-17-13-47(14-18-49)62-51-19-9-43(35-58)36-59-51/h9-12,15-16,19-20,36,38-40,47,49-50,54,68H,5-8,13-14,17-18,21-34,37,41-42H2,1-4H3,(H,59,62)(H,60,72)(H,63,69)/t47?,49?,50-,54-/m1/s1. The zero-order valence-electron chi connectivity index (χ0n) is 46.1. The molecule has 0 unspecified atom stereocenters. The molecule has 1 saturated heterocycles. The van der Waals surface area contributed by atoms with Gasteiger partial charge in [0, 0.05) is 101 Å². The second-order valence-corrected chi connectivity index (χ2v) is 20.9. The molecule has 78 heavy (non-hydrogen) atoms. The Morgan fingerprint density at radius 3 is 1.96 bits per heavy atom. The van der Waals surface area contributed by atoms with E-state index in [1.54, 1.807) is 41.0 Å². The van der Waals surface area contributed by atoms with Crippen LogP contribution in [0.5, 0.6) is 0 Å². The molecule has 6 rings (SSSR count). The summed E-state index contributed by atoms with van der Waals surface area (Å²) in [5.41, 5.74) is 3.52. The largest absolute Gasteiger partial charge is 0.391 e. The Balaban J connectivity index is 0.753. The molecule has 426 valence electrons. The molecule has 1 aliphatic carbocycles. The molecular formula is C57H82N10O11. The summed E-state index contributed by atoms with van der Waals surface area (Å²) in [4.78, 5) is 59.5. The van der Waals surface area contributed by atoms with Gasteiger partial charge in [-0.25, -0.2) is 9.78 Å². The number of aromatic nitrogens is 4. The van der Waals surface area contributed by atoms with Crippen molar-refractivity contribution in [3.05, 3.63) is 94.8 Å². The first-order valence-corrected chi connectivity index (χ1v) is 27.5. The third-order valence-electron chi connectivity index (χ3n) is 13.6. The number of β-amino-alcohol motifs (C(OH)–C–C–N with tert-alkyl or cyclic N) is 1. The first-order valence-electron chi connectivity index (χ1n) is 27.5. The molecule has 2 fully saturated rings. The summed E-state index contributed by atoms with van der Waals surface area (Å²) in [5.74, 6) is 0.216. The number of amides is 4. The molecule has 4 aromatic rings. The van der Waals surface area contributed by atoms with Gasteiger partial charge in [0.2, 0.25) is 17.4 Å². The Bertz CT molecular complexity index is 2520. The van der Waals surface area contributed by atoms with Gasteiger partial charge in [-0.3, -0.25) is 24.0 Å². The molecule has 1 aromatic carbocycles. The number of rotatable bonds is 33. The summed E-state index contributed by atoms with van der Waals surface area (Å²) < 4.78 is 37.2. The highest BCUT2D eigenvalue weighted by molar-refractivity contribution is 5.93. The number of hydrogen-bond donors (Lipinski definition) is 4. The zero-order valence-corrected chi connectivity index (χ0v) is 46.1. The van der Waals surface area contributed by atoms with Crippen molar-refractivity contribution in [2.45, 2.75) is 116 Å². The third kappa shape index (κ3) is 20.8.